The van der Waals surface area contributed by atoms with Crippen LogP contribution in [-0.4, -0.2) is 28.1 Å². The predicted molar refractivity (Wildman–Crippen MR) is 130 cm³/mol. The van der Waals surface area contributed by atoms with Crippen molar-refractivity contribution in [1.82, 2.24) is 15.2 Å². The molecule has 4 rings (SSSR count). The number of rotatable bonds is 8. The summed E-state index contributed by atoms with van der Waals surface area (Å²) in [4.78, 5) is 26.6. The SMILES string of the molecule is CC[C@@H](NC(=O)c1cc(C(=O)N[C@H](CC)c2cccc(O)c2)n2c1COCC2)c1ccccc1. The quantitative estimate of drug-likeness (QED) is 0.461. The van der Waals surface area contributed by atoms with Gasteiger partial charge in [-0.1, -0.05) is 56.3 Å². The third-order valence-electron chi connectivity index (χ3n) is 6.29. The number of carbonyl (C=O) groups excluding carboxylic acids is 2. The molecule has 0 aliphatic carbocycles. The van der Waals surface area contributed by atoms with Crippen molar-refractivity contribution < 1.29 is 19.4 Å². The molecular weight excluding hydrogens is 430 g/mol. The molecule has 3 aromatic rings. The van der Waals surface area contributed by atoms with Gasteiger partial charge in [-0.15, -0.1) is 0 Å². The van der Waals surface area contributed by atoms with Crippen molar-refractivity contribution >= 4 is 11.8 Å². The number of fused-ring (bicyclic) bond motifs is 1. The highest BCUT2D eigenvalue weighted by Gasteiger charge is 2.28. The van der Waals surface area contributed by atoms with Gasteiger partial charge in [0.1, 0.15) is 11.4 Å². The third kappa shape index (κ3) is 4.99. The minimum absolute atomic E-state index is 0.124. The lowest BCUT2D eigenvalue weighted by atomic mass is 10.0. The Morgan fingerprint density at radius 3 is 2.32 bits per heavy atom. The highest BCUT2D eigenvalue weighted by Crippen LogP contribution is 2.25. The number of phenolic OH excluding ortho intramolecular Hbond substituents is 1. The fourth-order valence-corrected chi connectivity index (χ4v) is 4.45. The van der Waals surface area contributed by atoms with Crippen molar-refractivity contribution in [2.75, 3.05) is 6.61 Å². The number of ether oxygens (including phenoxy) is 1. The van der Waals surface area contributed by atoms with E-state index < -0.39 is 0 Å². The van der Waals surface area contributed by atoms with Gasteiger partial charge in [-0.3, -0.25) is 9.59 Å². The van der Waals surface area contributed by atoms with Gasteiger partial charge < -0.3 is 25.0 Å². The first-order chi connectivity index (χ1) is 16.5. The van der Waals surface area contributed by atoms with Crippen LogP contribution in [0, 0.1) is 0 Å². The summed E-state index contributed by atoms with van der Waals surface area (Å²) in [5, 5.41) is 16.0. The smallest absolute Gasteiger partial charge is 0.268 e. The number of aromatic nitrogens is 1. The van der Waals surface area contributed by atoms with Gasteiger partial charge in [-0.05, 0) is 42.2 Å². The number of hydrogen-bond acceptors (Lipinski definition) is 4. The van der Waals surface area contributed by atoms with Gasteiger partial charge in [0.05, 0.1) is 36.6 Å². The molecule has 0 fully saturated rings. The number of nitrogens with one attached hydrogen (secondary N) is 2. The van der Waals surface area contributed by atoms with E-state index in [0.29, 0.717) is 36.5 Å². The Balaban J connectivity index is 1.59. The topological polar surface area (TPSA) is 92.6 Å². The maximum absolute atomic E-state index is 13.3. The van der Waals surface area contributed by atoms with E-state index in [2.05, 4.69) is 10.6 Å². The lowest BCUT2D eigenvalue weighted by Gasteiger charge is -2.22. The molecule has 7 heteroatoms. The van der Waals surface area contributed by atoms with Crippen LogP contribution in [-0.2, 0) is 17.9 Å². The fraction of sp³-hybridized carbons (Fsp3) is 0.333. The maximum atomic E-state index is 13.3. The molecule has 1 aromatic heterocycles. The molecule has 34 heavy (non-hydrogen) atoms. The average molecular weight is 462 g/mol. The summed E-state index contributed by atoms with van der Waals surface area (Å²) >= 11 is 0. The third-order valence-corrected chi connectivity index (χ3v) is 6.29. The molecule has 2 heterocycles. The van der Waals surface area contributed by atoms with Crippen molar-refractivity contribution in [3.05, 3.63) is 88.7 Å². The highest BCUT2D eigenvalue weighted by atomic mass is 16.5. The molecule has 1 aliphatic rings. The van der Waals surface area contributed by atoms with E-state index in [-0.39, 0.29) is 36.3 Å². The number of nitrogens with zero attached hydrogens (tertiary/aromatic N) is 1. The first-order valence-corrected chi connectivity index (χ1v) is 11.8. The fourth-order valence-electron chi connectivity index (χ4n) is 4.45. The maximum Gasteiger partial charge on any atom is 0.268 e. The van der Waals surface area contributed by atoms with Crippen LogP contribution in [0.1, 0.15) is 76.4 Å². The van der Waals surface area contributed by atoms with Crippen LogP contribution >= 0.6 is 0 Å². The van der Waals surface area contributed by atoms with Crippen LogP contribution in [0.25, 0.3) is 0 Å². The Hall–Kier alpha value is -3.58. The van der Waals surface area contributed by atoms with Gasteiger partial charge in [0.15, 0.2) is 0 Å². The Morgan fingerprint density at radius 2 is 1.62 bits per heavy atom. The molecule has 2 amide bonds. The standard InChI is InChI=1S/C27H31N3O4/c1-3-22(18-9-6-5-7-10-18)28-26(32)21-16-24(30-13-14-34-17-25(21)30)27(33)29-23(4-2)19-11-8-12-20(31)15-19/h5-12,15-16,22-23,31H,3-4,13-14,17H2,1-2H3,(H,28,32)(H,29,33)/t22-,23-/m1/s1. The van der Waals surface area contributed by atoms with Gasteiger partial charge in [0, 0.05) is 6.54 Å². The second kappa shape index (κ2) is 10.6. The van der Waals surface area contributed by atoms with Crippen molar-refractivity contribution in [3.8, 4) is 5.75 Å². The van der Waals surface area contributed by atoms with E-state index in [1.807, 2.05) is 54.8 Å². The zero-order valence-corrected chi connectivity index (χ0v) is 19.6. The second-order valence-corrected chi connectivity index (χ2v) is 8.47. The average Bonchev–Trinajstić information content (AvgIpc) is 3.26. The first-order valence-electron chi connectivity index (χ1n) is 11.8. The molecular formula is C27H31N3O4. The van der Waals surface area contributed by atoms with Crippen molar-refractivity contribution in [2.24, 2.45) is 0 Å². The van der Waals surface area contributed by atoms with Crippen LogP contribution < -0.4 is 10.6 Å². The molecule has 178 valence electrons. The molecule has 0 unspecified atom stereocenters. The molecule has 2 atom stereocenters. The first kappa shape index (κ1) is 23.6. The van der Waals surface area contributed by atoms with Crippen molar-refractivity contribution in [3.63, 3.8) is 0 Å². The number of carbonyl (C=O) groups is 2. The van der Waals surface area contributed by atoms with E-state index >= 15 is 0 Å². The Labute approximate surface area is 199 Å². The molecule has 0 saturated heterocycles. The zero-order chi connectivity index (χ0) is 24.1. The largest absolute Gasteiger partial charge is 0.508 e. The van der Waals surface area contributed by atoms with Gasteiger partial charge >= 0.3 is 0 Å². The lowest BCUT2D eigenvalue weighted by molar-refractivity contribution is 0.0773. The summed E-state index contributed by atoms with van der Waals surface area (Å²) in [7, 11) is 0. The van der Waals surface area contributed by atoms with Gasteiger partial charge in [0.25, 0.3) is 11.8 Å². The van der Waals surface area contributed by atoms with Crippen molar-refractivity contribution in [2.45, 2.75) is 51.9 Å². The summed E-state index contributed by atoms with van der Waals surface area (Å²) in [6.45, 7) is 5.27. The van der Waals surface area contributed by atoms with Crippen molar-refractivity contribution in [1.29, 1.82) is 0 Å². The highest BCUT2D eigenvalue weighted by molar-refractivity contribution is 6.01. The van der Waals surface area contributed by atoms with Gasteiger partial charge in [-0.2, -0.15) is 0 Å². The number of aromatic hydroxyl groups is 1. The van der Waals surface area contributed by atoms with Crippen LogP contribution in [0.3, 0.4) is 0 Å². The molecule has 0 radical (unpaired) electrons. The molecule has 7 nitrogen and oxygen atoms in total. The Bertz CT molecular complexity index is 1160. The molecule has 2 aromatic carbocycles. The normalized spacial score (nSPS) is 14.6. The summed E-state index contributed by atoms with van der Waals surface area (Å²) < 4.78 is 7.50. The summed E-state index contributed by atoms with van der Waals surface area (Å²) in [5.74, 6) is -0.318. The number of phenols is 1. The Morgan fingerprint density at radius 1 is 0.941 bits per heavy atom. The van der Waals surface area contributed by atoms with Crippen LogP contribution in [0.5, 0.6) is 5.75 Å². The summed E-state index contributed by atoms with van der Waals surface area (Å²) in [5.41, 5.74) is 3.48. The van der Waals surface area contributed by atoms with Crippen LogP contribution in [0.2, 0.25) is 0 Å². The monoisotopic (exact) mass is 461 g/mol. The minimum atomic E-state index is -0.259. The molecule has 0 spiro atoms. The van der Waals surface area contributed by atoms with E-state index in [4.69, 9.17) is 4.74 Å². The number of benzene rings is 2. The summed E-state index contributed by atoms with van der Waals surface area (Å²) in [6.07, 6.45) is 1.41. The molecule has 0 bridgehead atoms. The summed E-state index contributed by atoms with van der Waals surface area (Å²) in [6, 6.07) is 18.0. The van der Waals surface area contributed by atoms with Crippen LogP contribution in [0.4, 0.5) is 0 Å². The molecule has 3 N–H and O–H groups in total. The Kier molecular flexibility index (Phi) is 7.33. The van der Waals surface area contributed by atoms with Gasteiger partial charge in [0.2, 0.25) is 0 Å². The number of amides is 2. The zero-order valence-electron chi connectivity index (χ0n) is 19.6. The van der Waals surface area contributed by atoms with Crippen LogP contribution in [0.15, 0.2) is 60.7 Å². The van der Waals surface area contributed by atoms with E-state index in [9.17, 15) is 14.7 Å². The lowest BCUT2D eigenvalue weighted by Crippen LogP contribution is -2.31. The predicted octanol–water partition coefficient (Wildman–Crippen LogP) is 4.49. The van der Waals surface area contributed by atoms with E-state index in [1.54, 1.807) is 24.3 Å². The molecule has 1 aliphatic heterocycles. The minimum Gasteiger partial charge on any atom is -0.508 e. The second-order valence-electron chi connectivity index (χ2n) is 8.47. The van der Waals surface area contributed by atoms with Gasteiger partial charge in [-0.25, -0.2) is 0 Å². The molecule has 0 saturated carbocycles. The van der Waals surface area contributed by atoms with E-state index in [0.717, 1.165) is 17.5 Å². The van der Waals surface area contributed by atoms with E-state index in [1.165, 1.54) is 0 Å². The number of hydrogen-bond donors (Lipinski definition) is 3.